The van der Waals surface area contributed by atoms with E-state index in [-0.39, 0.29) is 0 Å². The van der Waals surface area contributed by atoms with E-state index in [0.717, 1.165) is 0 Å². The first kappa shape index (κ1) is 32.2. The molecule has 0 aliphatic heterocycles. The molecule has 35 heavy (non-hydrogen) atoms. The molecule has 0 fully saturated rings. The Balaban J connectivity index is 2.35. The maximum Gasteiger partial charge on any atom is 0.256 e. The highest BCUT2D eigenvalue weighted by Gasteiger charge is 2.16. The highest BCUT2D eigenvalue weighted by atomic mass is 15.1. The molecule has 0 spiro atoms. The molecule has 0 N–H and O–H groups in total. The number of hydrogen-bond acceptors (Lipinski definition) is 0. The van der Waals surface area contributed by atoms with Crippen LogP contribution in [0.1, 0.15) is 181 Å². The molecule has 0 amide bonds. The fourth-order valence-electron chi connectivity index (χ4n) is 5.44. The second kappa shape index (κ2) is 24.9. The van der Waals surface area contributed by atoms with Gasteiger partial charge in [-0.3, -0.25) is 0 Å². The summed E-state index contributed by atoms with van der Waals surface area (Å²) in [5.74, 6) is 1.61. The van der Waals surface area contributed by atoms with Crippen molar-refractivity contribution in [2.24, 2.45) is 0 Å². The normalized spacial score (nSPS) is 11.5. The van der Waals surface area contributed by atoms with E-state index in [1.54, 1.807) is 5.82 Å². The topological polar surface area (TPSA) is 8.81 Å². The highest BCUT2D eigenvalue weighted by Crippen LogP contribution is 2.14. The summed E-state index contributed by atoms with van der Waals surface area (Å²) in [6.45, 7) is 9.38. The van der Waals surface area contributed by atoms with Crippen LogP contribution in [0.5, 0.6) is 0 Å². The molecule has 206 valence electrons. The van der Waals surface area contributed by atoms with Crippen LogP contribution in [0, 0.1) is 0 Å². The average Bonchev–Trinajstić information content (AvgIpc) is 3.25. The Hall–Kier alpha value is -0.790. The Kier molecular flexibility index (Phi) is 22.9. The number of unbranched alkanes of at least 4 members (excludes halogenated alkanes) is 21. The molecule has 0 aliphatic carbocycles. The van der Waals surface area contributed by atoms with Gasteiger partial charge in [-0.25, -0.2) is 9.13 Å². The molecule has 0 bridgehead atoms. The fraction of sp³-hybridized carbons (Fsp3) is 0.909. The lowest BCUT2D eigenvalue weighted by molar-refractivity contribution is -0.704. The molecule has 1 aromatic heterocycles. The third-order valence-corrected chi connectivity index (χ3v) is 7.85. The van der Waals surface area contributed by atoms with Gasteiger partial charge in [-0.05, 0) is 32.1 Å². The number of rotatable bonds is 27. The van der Waals surface area contributed by atoms with E-state index in [2.05, 4.69) is 42.3 Å². The number of hydrogen-bond donors (Lipinski definition) is 0. The summed E-state index contributed by atoms with van der Waals surface area (Å²) in [5, 5.41) is 0. The van der Waals surface area contributed by atoms with Gasteiger partial charge in [0.05, 0.1) is 13.1 Å². The Labute approximate surface area is 221 Å². The second-order valence-electron chi connectivity index (χ2n) is 11.3. The Morgan fingerprint density at radius 3 is 1.37 bits per heavy atom. The van der Waals surface area contributed by atoms with Gasteiger partial charge in [0.25, 0.3) is 5.82 Å². The molecular formula is C33H65N2+. The first-order valence-corrected chi connectivity index (χ1v) is 16.4. The van der Waals surface area contributed by atoms with Crippen molar-refractivity contribution in [3.63, 3.8) is 0 Å². The summed E-state index contributed by atoms with van der Waals surface area (Å²) < 4.78 is 5.22. The predicted octanol–water partition coefficient (Wildman–Crippen LogP) is 10.7. The quantitative estimate of drug-likeness (QED) is 0.0858. The monoisotopic (exact) mass is 490 g/mol. The summed E-state index contributed by atoms with van der Waals surface area (Å²) in [7, 11) is 0. The predicted molar refractivity (Wildman–Crippen MR) is 156 cm³/mol. The molecule has 0 atom stereocenters. The lowest BCUT2D eigenvalue weighted by Crippen LogP contribution is -2.37. The summed E-state index contributed by atoms with van der Waals surface area (Å²) in [5.41, 5.74) is 0. The van der Waals surface area contributed by atoms with Crippen LogP contribution in [0.4, 0.5) is 0 Å². The van der Waals surface area contributed by atoms with Gasteiger partial charge in [0.1, 0.15) is 12.4 Å². The summed E-state index contributed by atoms with van der Waals surface area (Å²) in [4.78, 5) is 0. The van der Waals surface area contributed by atoms with E-state index in [0.29, 0.717) is 0 Å². The smallest absolute Gasteiger partial charge is 0.234 e. The molecule has 1 heterocycles. The fourth-order valence-corrected chi connectivity index (χ4v) is 5.44. The van der Waals surface area contributed by atoms with Gasteiger partial charge in [0, 0.05) is 6.42 Å². The highest BCUT2D eigenvalue weighted by molar-refractivity contribution is 4.84. The molecule has 0 aliphatic rings. The van der Waals surface area contributed by atoms with Crippen molar-refractivity contribution in [3.05, 3.63) is 18.2 Å². The Bertz CT molecular complexity index is 547. The maximum atomic E-state index is 2.61. The van der Waals surface area contributed by atoms with Crippen LogP contribution in [0.2, 0.25) is 0 Å². The second-order valence-corrected chi connectivity index (χ2v) is 11.3. The zero-order chi connectivity index (χ0) is 25.2. The van der Waals surface area contributed by atoms with Crippen LogP contribution >= 0.6 is 0 Å². The number of imidazole rings is 1. The minimum absolute atomic E-state index is 1.23. The number of aromatic nitrogens is 2. The van der Waals surface area contributed by atoms with E-state index in [1.165, 1.54) is 174 Å². The number of aryl methyl sites for hydroxylation is 2. The molecular weight excluding hydrogens is 424 g/mol. The van der Waals surface area contributed by atoms with Crippen molar-refractivity contribution in [2.45, 2.75) is 194 Å². The molecule has 0 radical (unpaired) electrons. The molecule has 0 aromatic carbocycles. The first-order valence-electron chi connectivity index (χ1n) is 16.4. The van der Waals surface area contributed by atoms with E-state index in [1.807, 2.05) is 0 Å². The van der Waals surface area contributed by atoms with Crippen molar-refractivity contribution in [1.82, 2.24) is 4.57 Å². The van der Waals surface area contributed by atoms with Crippen LogP contribution in [-0.4, -0.2) is 4.57 Å². The third kappa shape index (κ3) is 18.2. The van der Waals surface area contributed by atoms with Crippen LogP contribution in [0.25, 0.3) is 0 Å². The molecule has 2 nitrogen and oxygen atoms in total. The van der Waals surface area contributed by atoms with E-state index in [9.17, 15) is 0 Å². The maximum absolute atomic E-state index is 2.61. The third-order valence-electron chi connectivity index (χ3n) is 7.85. The molecule has 0 saturated heterocycles. The molecule has 1 rings (SSSR count). The Morgan fingerprint density at radius 1 is 0.486 bits per heavy atom. The van der Waals surface area contributed by atoms with Gasteiger partial charge < -0.3 is 0 Å². The SMILES string of the molecule is CCCCCCCCCCCCc1n(CCCCCCCC)cc[n+]1CCCCCCCCCC. The van der Waals surface area contributed by atoms with Crippen LogP contribution < -0.4 is 4.57 Å². The van der Waals surface area contributed by atoms with E-state index in [4.69, 9.17) is 0 Å². The lowest BCUT2D eigenvalue weighted by atomic mass is 10.1. The largest absolute Gasteiger partial charge is 0.256 e. The van der Waals surface area contributed by atoms with Gasteiger partial charge in [0.15, 0.2) is 0 Å². The van der Waals surface area contributed by atoms with E-state index < -0.39 is 0 Å². The lowest BCUT2D eigenvalue weighted by Gasteiger charge is -2.07. The minimum Gasteiger partial charge on any atom is -0.234 e. The zero-order valence-electron chi connectivity index (χ0n) is 24.6. The van der Waals surface area contributed by atoms with Crippen LogP contribution in [0.15, 0.2) is 12.4 Å². The van der Waals surface area contributed by atoms with Crippen molar-refractivity contribution in [3.8, 4) is 0 Å². The van der Waals surface area contributed by atoms with Gasteiger partial charge in [-0.1, -0.05) is 143 Å². The summed E-state index contributed by atoms with van der Waals surface area (Å²) in [6, 6.07) is 0. The van der Waals surface area contributed by atoms with Crippen molar-refractivity contribution in [1.29, 1.82) is 0 Å². The van der Waals surface area contributed by atoms with E-state index >= 15 is 0 Å². The van der Waals surface area contributed by atoms with Crippen molar-refractivity contribution >= 4 is 0 Å². The standard InChI is InChI=1S/C33H65N2/c1-4-7-10-13-16-18-19-20-22-25-28-33-34(29-26-23-15-12-9-6-3)31-32-35(33)30-27-24-21-17-14-11-8-5-2/h31-32H,4-30H2,1-3H3/q+1. The van der Waals surface area contributed by atoms with Gasteiger partial charge in [0.2, 0.25) is 0 Å². The zero-order valence-corrected chi connectivity index (χ0v) is 24.6. The van der Waals surface area contributed by atoms with Crippen molar-refractivity contribution < 1.29 is 4.57 Å². The molecule has 2 heteroatoms. The molecule has 0 saturated carbocycles. The molecule has 0 unspecified atom stereocenters. The van der Waals surface area contributed by atoms with Crippen molar-refractivity contribution in [2.75, 3.05) is 0 Å². The van der Waals surface area contributed by atoms with Crippen LogP contribution in [-0.2, 0) is 19.5 Å². The molecule has 1 aromatic rings. The minimum atomic E-state index is 1.23. The van der Waals surface area contributed by atoms with Gasteiger partial charge >= 0.3 is 0 Å². The Morgan fingerprint density at radius 2 is 0.886 bits per heavy atom. The summed E-state index contributed by atoms with van der Waals surface area (Å²) >= 11 is 0. The first-order chi connectivity index (χ1) is 17.3. The number of nitrogens with zero attached hydrogens (tertiary/aromatic N) is 2. The van der Waals surface area contributed by atoms with Gasteiger partial charge in [-0.2, -0.15) is 0 Å². The summed E-state index contributed by atoms with van der Waals surface area (Å²) in [6.07, 6.45) is 40.0. The van der Waals surface area contributed by atoms with Gasteiger partial charge in [-0.15, -0.1) is 0 Å². The van der Waals surface area contributed by atoms with Crippen LogP contribution in [0.3, 0.4) is 0 Å². The average molecular weight is 490 g/mol.